The molecule has 0 bridgehead atoms. The van der Waals surface area contributed by atoms with Crippen molar-refractivity contribution in [1.82, 2.24) is 10.2 Å². The van der Waals surface area contributed by atoms with Crippen LogP contribution in [0, 0.1) is 5.82 Å². The van der Waals surface area contributed by atoms with E-state index in [1.807, 2.05) is 13.8 Å². The topological polar surface area (TPSA) is 86.8 Å². The van der Waals surface area contributed by atoms with E-state index in [0.717, 1.165) is 34.1 Å². The zero-order valence-corrected chi connectivity index (χ0v) is 23.8. The van der Waals surface area contributed by atoms with E-state index in [2.05, 4.69) is 5.32 Å². The highest BCUT2D eigenvalue weighted by molar-refractivity contribution is 7.92. The van der Waals surface area contributed by atoms with Gasteiger partial charge in [-0.3, -0.25) is 13.9 Å². The van der Waals surface area contributed by atoms with Crippen LogP contribution in [0.1, 0.15) is 39.2 Å². The normalized spacial score (nSPS) is 12.8. The van der Waals surface area contributed by atoms with Crippen LogP contribution >= 0.6 is 11.6 Å². The van der Waals surface area contributed by atoms with Gasteiger partial charge in [0.1, 0.15) is 18.4 Å². The molecule has 10 heteroatoms. The van der Waals surface area contributed by atoms with Crippen LogP contribution in [0.25, 0.3) is 0 Å². The zero-order valence-electron chi connectivity index (χ0n) is 22.2. The van der Waals surface area contributed by atoms with Gasteiger partial charge in [0.2, 0.25) is 11.8 Å². The number of nitrogens with one attached hydrogen (secondary N) is 1. The summed E-state index contributed by atoms with van der Waals surface area (Å²) >= 11 is 6.04. The summed E-state index contributed by atoms with van der Waals surface area (Å²) < 4.78 is 41.9. The Morgan fingerprint density at radius 3 is 2.10 bits per heavy atom. The molecule has 0 saturated heterocycles. The fourth-order valence-electron chi connectivity index (χ4n) is 4.00. The van der Waals surface area contributed by atoms with Gasteiger partial charge in [-0.15, -0.1) is 0 Å². The summed E-state index contributed by atoms with van der Waals surface area (Å²) in [6, 6.07) is 18.6. The molecule has 0 spiro atoms. The predicted octanol–water partition coefficient (Wildman–Crippen LogP) is 5.40. The third-order valence-electron chi connectivity index (χ3n) is 6.38. The Kier molecular flexibility index (Phi) is 10.5. The molecule has 0 aliphatic carbocycles. The van der Waals surface area contributed by atoms with E-state index in [0.29, 0.717) is 17.9 Å². The average molecular weight is 574 g/mol. The number of amides is 2. The molecule has 3 aromatic carbocycles. The van der Waals surface area contributed by atoms with Gasteiger partial charge in [0.25, 0.3) is 10.0 Å². The Labute approximate surface area is 234 Å². The van der Waals surface area contributed by atoms with E-state index in [9.17, 15) is 22.4 Å². The number of benzene rings is 3. The molecule has 2 amide bonds. The second-order valence-corrected chi connectivity index (χ2v) is 11.5. The molecule has 0 fully saturated rings. The number of sulfonamides is 1. The number of hydrogen-bond acceptors (Lipinski definition) is 4. The third-order valence-corrected chi connectivity index (χ3v) is 8.42. The van der Waals surface area contributed by atoms with Crippen molar-refractivity contribution < 1.29 is 22.4 Å². The van der Waals surface area contributed by atoms with Crippen molar-refractivity contribution in [3.63, 3.8) is 0 Å². The molecule has 0 heterocycles. The standard InChI is InChI=1S/C29H33ClFN3O4S/c1-4-21(3)32-29(36)27(5-2)33(19-22-11-13-23(30)14-12-22)28(35)20-34(25-9-7-6-8-10-25)39(37,38)26-17-15-24(31)16-18-26/h6-18,21,27H,4-5,19-20H2,1-3H3,(H,32,36)/t21-,27-/m0/s1. The number of carbonyl (C=O) groups excluding carboxylic acids is 2. The molecule has 0 aromatic heterocycles. The highest BCUT2D eigenvalue weighted by Gasteiger charge is 2.34. The van der Waals surface area contributed by atoms with E-state index in [4.69, 9.17) is 11.6 Å². The molecule has 0 saturated carbocycles. The van der Waals surface area contributed by atoms with Crippen molar-refractivity contribution in [2.75, 3.05) is 10.8 Å². The molecule has 3 rings (SSSR count). The first kappa shape index (κ1) is 30.1. The number of hydrogen-bond donors (Lipinski definition) is 1. The molecule has 0 radical (unpaired) electrons. The maximum atomic E-state index is 13.9. The van der Waals surface area contributed by atoms with Gasteiger partial charge < -0.3 is 10.2 Å². The molecule has 3 aromatic rings. The fourth-order valence-corrected chi connectivity index (χ4v) is 5.54. The van der Waals surface area contributed by atoms with E-state index >= 15 is 0 Å². The van der Waals surface area contributed by atoms with Crippen molar-refractivity contribution in [1.29, 1.82) is 0 Å². The van der Waals surface area contributed by atoms with Crippen molar-refractivity contribution in [3.8, 4) is 0 Å². The van der Waals surface area contributed by atoms with E-state index in [1.165, 1.54) is 4.90 Å². The summed E-state index contributed by atoms with van der Waals surface area (Å²) in [7, 11) is -4.25. The number of nitrogens with zero attached hydrogens (tertiary/aromatic N) is 2. The first-order chi connectivity index (χ1) is 18.6. The summed E-state index contributed by atoms with van der Waals surface area (Å²) in [4.78, 5) is 28.4. The molecule has 0 aliphatic heterocycles. The van der Waals surface area contributed by atoms with E-state index < -0.39 is 34.3 Å². The highest BCUT2D eigenvalue weighted by atomic mass is 35.5. The predicted molar refractivity (Wildman–Crippen MR) is 151 cm³/mol. The molecule has 2 atom stereocenters. The van der Waals surface area contributed by atoms with Gasteiger partial charge >= 0.3 is 0 Å². The Balaban J connectivity index is 2.02. The second kappa shape index (κ2) is 13.6. The van der Waals surface area contributed by atoms with Crippen molar-refractivity contribution >= 4 is 39.1 Å². The minimum absolute atomic E-state index is 0.0711. The molecule has 39 heavy (non-hydrogen) atoms. The van der Waals surface area contributed by atoms with Gasteiger partial charge in [0.15, 0.2) is 0 Å². The number of halogens is 2. The largest absolute Gasteiger partial charge is 0.352 e. The lowest BCUT2D eigenvalue weighted by atomic mass is 10.1. The zero-order chi connectivity index (χ0) is 28.6. The summed E-state index contributed by atoms with van der Waals surface area (Å²) in [6.07, 6.45) is 1.03. The maximum Gasteiger partial charge on any atom is 0.264 e. The first-order valence-corrected chi connectivity index (χ1v) is 14.6. The van der Waals surface area contributed by atoms with Gasteiger partial charge in [-0.25, -0.2) is 12.8 Å². The lowest BCUT2D eigenvalue weighted by molar-refractivity contribution is -0.140. The van der Waals surface area contributed by atoms with Gasteiger partial charge in [-0.05, 0) is 73.9 Å². The second-order valence-electron chi connectivity index (χ2n) is 9.19. The Morgan fingerprint density at radius 2 is 1.54 bits per heavy atom. The SMILES string of the molecule is CC[C@H](C)NC(=O)[C@H](CC)N(Cc1ccc(Cl)cc1)C(=O)CN(c1ccccc1)S(=O)(=O)c1ccc(F)cc1. The van der Waals surface area contributed by atoms with Gasteiger partial charge in [-0.1, -0.05) is 55.8 Å². The minimum atomic E-state index is -4.25. The summed E-state index contributed by atoms with van der Waals surface area (Å²) in [6.45, 7) is 5.13. The Morgan fingerprint density at radius 1 is 0.923 bits per heavy atom. The number of carbonyl (C=O) groups is 2. The third kappa shape index (κ3) is 7.80. The molecule has 7 nitrogen and oxygen atoms in total. The van der Waals surface area contributed by atoms with Crippen molar-refractivity contribution in [2.24, 2.45) is 0 Å². The molecule has 208 valence electrons. The van der Waals surface area contributed by atoms with Crippen LogP contribution < -0.4 is 9.62 Å². The molecule has 1 N–H and O–H groups in total. The molecular formula is C29H33ClFN3O4S. The maximum absolute atomic E-state index is 13.9. The van der Waals surface area contributed by atoms with E-state index in [-0.39, 0.29) is 29.1 Å². The fraction of sp³-hybridized carbons (Fsp3) is 0.310. The lowest BCUT2D eigenvalue weighted by Crippen LogP contribution is -2.53. The van der Waals surface area contributed by atoms with Gasteiger partial charge in [0.05, 0.1) is 10.6 Å². The number of rotatable bonds is 12. The lowest BCUT2D eigenvalue weighted by Gasteiger charge is -2.33. The van der Waals surface area contributed by atoms with Crippen LogP contribution in [0.4, 0.5) is 10.1 Å². The number of anilines is 1. The first-order valence-electron chi connectivity index (χ1n) is 12.7. The average Bonchev–Trinajstić information content (AvgIpc) is 2.93. The number of para-hydroxylation sites is 1. The molecular weight excluding hydrogens is 541 g/mol. The summed E-state index contributed by atoms with van der Waals surface area (Å²) in [5.41, 5.74) is 0.994. The smallest absolute Gasteiger partial charge is 0.264 e. The van der Waals surface area contributed by atoms with Gasteiger partial charge in [-0.2, -0.15) is 0 Å². The van der Waals surface area contributed by atoms with Crippen LogP contribution in [0.15, 0.2) is 83.8 Å². The molecule has 0 aliphatic rings. The van der Waals surface area contributed by atoms with Crippen LogP contribution in [0.5, 0.6) is 0 Å². The Hall–Kier alpha value is -3.43. The highest BCUT2D eigenvalue weighted by Crippen LogP contribution is 2.25. The van der Waals surface area contributed by atoms with Crippen LogP contribution in [-0.2, 0) is 26.2 Å². The quantitative estimate of drug-likeness (QED) is 0.314. The van der Waals surface area contributed by atoms with Crippen LogP contribution in [0.3, 0.4) is 0 Å². The van der Waals surface area contributed by atoms with Gasteiger partial charge in [0, 0.05) is 17.6 Å². The molecule has 0 unspecified atom stereocenters. The van der Waals surface area contributed by atoms with Crippen LogP contribution in [0.2, 0.25) is 5.02 Å². The minimum Gasteiger partial charge on any atom is -0.352 e. The van der Waals surface area contributed by atoms with Crippen molar-refractivity contribution in [3.05, 3.63) is 95.3 Å². The van der Waals surface area contributed by atoms with E-state index in [1.54, 1.807) is 61.5 Å². The van der Waals surface area contributed by atoms with Crippen LogP contribution in [-0.4, -0.2) is 43.8 Å². The summed E-state index contributed by atoms with van der Waals surface area (Å²) in [5.74, 6) is -1.46. The summed E-state index contributed by atoms with van der Waals surface area (Å²) in [5, 5.41) is 3.46. The van der Waals surface area contributed by atoms with Crippen molar-refractivity contribution in [2.45, 2.75) is 57.1 Å². The Bertz CT molecular complexity index is 1350. The monoisotopic (exact) mass is 573 g/mol.